The number of thiophene rings is 1. The number of nitrogens with zero attached hydrogens (tertiary/aromatic N) is 3. The highest BCUT2D eigenvalue weighted by Gasteiger charge is 2.17. The molecule has 0 unspecified atom stereocenters. The molecule has 44 heavy (non-hydrogen) atoms. The maximum Gasteiger partial charge on any atom is 0.164 e. The van der Waals surface area contributed by atoms with E-state index in [4.69, 9.17) is 19.4 Å². The van der Waals surface area contributed by atoms with Gasteiger partial charge in [-0.3, -0.25) is 0 Å². The third kappa shape index (κ3) is 4.09. The minimum Gasteiger partial charge on any atom is -0.455 e. The van der Waals surface area contributed by atoms with Gasteiger partial charge in [-0.05, 0) is 35.9 Å². The van der Waals surface area contributed by atoms with Gasteiger partial charge in [-0.15, -0.1) is 11.3 Å². The van der Waals surface area contributed by atoms with Crippen LogP contribution in [0, 0.1) is 0 Å². The highest BCUT2D eigenvalue weighted by atomic mass is 32.1. The summed E-state index contributed by atoms with van der Waals surface area (Å²) in [5.41, 5.74) is 6.66. The van der Waals surface area contributed by atoms with Crippen molar-refractivity contribution in [1.82, 2.24) is 15.0 Å². The molecule has 206 valence electrons. The molecule has 0 fully saturated rings. The summed E-state index contributed by atoms with van der Waals surface area (Å²) in [4.78, 5) is 14.7. The summed E-state index contributed by atoms with van der Waals surface area (Å²) in [5, 5.41) is 4.72. The Morgan fingerprint density at radius 1 is 0.409 bits per heavy atom. The van der Waals surface area contributed by atoms with Crippen LogP contribution in [0.2, 0.25) is 0 Å². The van der Waals surface area contributed by atoms with E-state index in [-0.39, 0.29) is 0 Å². The second-order valence-electron chi connectivity index (χ2n) is 10.8. The summed E-state index contributed by atoms with van der Waals surface area (Å²) in [5.74, 6) is 1.88. The number of hydrogen-bond acceptors (Lipinski definition) is 5. The molecular formula is C39H23N3OS. The van der Waals surface area contributed by atoms with Crippen molar-refractivity contribution in [3.05, 3.63) is 140 Å². The standard InChI is InChI=1S/C39H23N3OS/c1-3-10-24(11-4-1)37-40-38(25-12-5-2-6-13-25)42-39(41-37)27-18-20-29-31-16-9-15-28(36(31)43-33(29)23-27)26-19-21-35-32(22-26)30-14-7-8-17-34(30)44-35/h1-23H. The molecule has 5 heteroatoms. The van der Waals surface area contributed by atoms with Crippen molar-refractivity contribution in [3.8, 4) is 45.3 Å². The Labute approximate surface area is 256 Å². The van der Waals surface area contributed by atoms with Crippen molar-refractivity contribution in [2.45, 2.75) is 0 Å². The van der Waals surface area contributed by atoms with Gasteiger partial charge in [0.15, 0.2) is 17.5 Å². The van der Waals surface area contributed by atoms with Crippen molar-refractivity contribution in [2.24, 2.45) is 0 Å². The molecule has 0 saturated heterocycles. The van der Waals surface area contributed by atoms with Crippen LogP contribution < -0.4 is 0 Å². The zero-order chi connectivity index (χ0) is 29.0. The van der Waals surface area contributed by atoms with E-state index in [0.29, 0.717) is 17.5 Å². The van der Waals surface area contributed by atoms with Gasteiger partial charge in [0.2, 0.25) is 0 Å². The van der Waals surface area contributed by atoms with Crippen LogP contribution in [-0.4, -0.2) is 15.0 Å². The predicted molar refractivity (Wildman–Crippen MR) is 182 cm³/mol. The highest BCUT2D eigenvalue weighted by Crippen LogP contribution is 2.40. The van der Waals surface area contributed by atoms with Crippen LogP contribution in [0.25, 0.3) is 87.4 Å². The van der Waals surface area contributed by atoms with Gasteiger partial charge in [-0.1, -0.05) is 109 Å². The van der Waals surface area contributed by atoms with Crippen LogP contribution in [0.3, 0.4) is 0 Å². The lowest BCUT2D eigenvalue weighted by molar-refractivity contribution is 0.670. The number of rotatable bonds is 4. The van der Waals surface area contributed by atoms with Crippen LogP contribution >= 0.6 is 11.3 Å². The Kier molecular flexibility index (Phi) is 5.64. The minimum absolute atomic E-state index is 0.607. The first-order chi connectivity index (χ1) is 21.8. The summed E-state index contributed by atoms with van der Waals surface area (Å²) < 4.78 is 9.24. The lowest BCUT2D eigenvalue weighted by atomic mass is 10.00. The molecule has 0 radical (unpaired) electrons. The van der Waals surface area contributed by atoms with Gasteiger partial charge in [0, 0.05) is 53.2 Å². The second-order valence-corrected chi connectivity index (χ2v) is 11.9. The molecule has 3 aromatic heterocycles. The van der Waals surface area contributed by atoms with E-state index in [1.54, 1.807) is 0 Å². The first-order valence-corrected chi connectivity index (χ1v) is 15.3. The summed E-state index contributed by atoms with van der Waals surface area (Å²) in [6.07, 6.45) is 0. The molecule has 9 rings (SSSR count). The van der Waals surface area contributed by atoms with Crippen molar-refractivity contribution in [3.63, 3.8) is 0 Å². The van der Waals surface area contributed by atoms with Gasteiger partial charge in [-0.25, -0.2) is 15.0 Å². The fraction of sp³-hybridized carbons (Fsp3) is 0. The first kappa shape index (κ1) is 24.9. The fourth-order valence-electron chi connectivity index (χ4n) is 6.00. The summed E-state index contributed by atoms with van der Waals surface area (Å²) in [6, 6.07) is 48.0. The number of benzene rings is 6. The van der Waals surface area contributed by atoms with Crippen molar-refractivity contribution in [2.75, 3.05) is 0 Å². The van der Waals surface area contributed by atoms with E-state index in [1.807, 2.05) is 78.1 Å². The Hall–Kier alpha value is -5.65. The average Bonchev–Trinajstić information content (AvgIpc) is 3.66. The van der Waals surface area contributed by atoms with Gasteiger partial charge >= 0.3 is 0 Å². The highest BCUT2D eigenvalue weighted by molar-refractivity contribution is 7.25. The third-order valence-corrected chi connectivity index (χ3v) is 9.30. The quantitative estimate of drug-likeness (QED) is 0.207. The molecule has 0 aliphatic rings. The molecule has 9 aromatic rings. The Morgan fingerprint density at radius 2 is 1.02 bits per heavy atom. The molecule has 0 saturated carbocycles. The summed E-state index contributed by atoms with van der Waals surface area (Å²) in [7, 11) is 0. The topological polar surface area (TPSA) is 51.8 Å². The maximum absolute atomic E-state index is 6.64. The van der Waals surface area contributed by atoms with E-state index < -0.39 is 0 Å². The van der Waals surface area contributed by atoms with Crippen LogP contribution in [-0.2, 0) is 0 Å². The van der Waals surface area contributed by atoms with Gasteiger partial charge in [0.25, 0.3) is 0 Å². The number of furan rings is 1. The monoisotopic (exact) mass is 581 g/mol. The summed E-state index contributed by atoms with van der Waals surface area (Å²) in [6.45, 7) is 0. The van der Waals surface area contributed by atoms with Crippen molar-refractivity contribution >= 4 is 53.4 Å². The maximum atomic E-state index is 6.64. The van der Waals surface area contributed by atoms with Gasteiger partial charge in [0.05, 0.1) is 0 Å². The largest absolute Gasteiger partial charge is 0.455 e. The van der Waals surface area contributed by atoms with Gasteiger partial charge < -0.3 is 4.42 Å². The van der Waals surface area contributed by atoms with Crippen molar-refractivity contribution in [1.29, 1.82) is 0 Å². The van der Waals surface area contributed by atoms with E-state index in [2.05, 4.69) is 72.8 Å². The zero-order valence-electron chi connectivity index (χ0n) is 23.4. The van der Waals surface area contributed by atoms with E-state index in [1.165, 1.54) is 20.2 Å². The lowest BCUT2D eigenvalue weighted by Gasteiger charge is -2.08. The van der Waals surface area contributed by atoms with E-state index in [9.17, 15) is 0 Å². The van der Waals surface area contributed by atoms with Crippen LogP contribution in [0.5, 0.6) is 0 Å². The molecule has 0 bridgehead atoms. The zero-order valence-corrected chi connectivity index (χ0v) is 24.3. The summed E-state index contributed by atoms with van der Waals surface area (Å²) >= 11 is 1.83. The Balaban J connectivity index is 1.20. The molecule has 6 aromatic carbocycles. The van der Waals surface area contributed by atoms with E-state index in [0.717, 1.165) is 49.8 Å². The molecule has 0 amide bonds. The minimum atomic E-state index is 0.607. The molecule has 0 aliphatic carbocycles. The smallest absolute Gasteiger partial charge is 0.164 e. The second kappa shape index (κ2) is 9.97. The van der Waals surface area contributed by atoms with Gasteiger partial charge in [-0.2, -0.15) is 0 Å². The molecule has 0 spiro atoms. The molecular weight excluding hydrogens is 559 g/mol. The van der Waals surface area contributed by atoms with E-state index >= 15 is 0 Å². The van der Waals surface area contributed by atoms with Crippen LogP contribution in [0.4, 0.5) is 0 Å². The SMILES string of the molecule is c1ccc(-c2nc(-c3ccccc3)nc(-c3ccc4c(c3)oc3c(-c5ccc6sc7ccccc7c6c5)cccc34)n2)cc1. The average molecular weight is 582 g/mol. The molecule has 0 aliphatic heterocycles. The van der Waals surface area contributed by atoms with Crippen molar-refractivity contribution < 1.29 is 4.42 Å². The molecule has 3 heterocycles. The van der Waals surface area contributed by atoms with Crippen LogP contribution in [0.1, 0.15) is 0 Å². The lowest BCUT2D eigenvalue weighted by Crippen LogP contribution is -2.00. The fourth-order valence-corrected chi connectivity index (χ4v) is 7.08. The van der Waals surface area contributed by atoms with Gasteiger partial charge in [0.1, 0.15) is 11.2 Å². The number of hydrogen-bond donors (Lipinski definition) is 0. The molecule has 0 atom stereocenters. The number of fused-ring (bicyclic) bond motifs is 6. The predicted octanol–water partition coefficient (Wildman–Crippen LogP) is 10.8. The third-order valence-electron chi connectivity index (χ3n) is 8.14. The normalized spacial score (nSPS) is 11.6. The molecule has 0 N–H and O–H groups in total. The number of para-hydroxylation sites is 1. The Bertz CT molecular complexity index is 2440. The number of aromatic nitrogens is 3. The Morgan fingerprint density at radius 3 is 1.77 bits per heavy atom. The van der Waals surface area contributed by atoms with Crippen LogP contribution in [0.15, 0.2) is 144 Å². The molecule has 4 nitrogen and oxygen atoms in total. The first-order valence-electron chi connectivity index (χ1n) is 14.5.